The van der Waals surface area contributed by atoms with Gasteiger partial charge in [0.1, 0.15) is 0 Å². The van der Waals surface area contributed by atoms with E-state index < -0.39 is 6.10 Å². The molecule has 2 aliphatic heterocycles. The lowest BCUT2D eigenvalue weighted by Crippen LogP contribution is -2.38. The number of aliphatic hydroxyl groups excluding tert-OH is 1. The van der Waals surface area contributed by atoms with E-state index in [1.54, 1.807) is 4.90 Å². The second-order valence-electron chi connectivity index (χ2n) is 7.05. The number of anilines is 1. The van der Waals surface area contributed by atoms with Crippen LogP contribution in [-0.2, 0) is 16.0 Å². The molecule has 6 nitrogen and oxygen atoms in total. The third-order valence-corrected chi connectivity index (χ3v) is 5.13. The van der Waals surface area contributed by atoms with E-state index >= 15 is 0 Å². The molecule has 1 aromatic rings. The van der Waals surface area contributed by atoms with Crippen LogP contribution in [0.4, 0.5) is 5.69 Å². The van der Waals surface area contributed by atoms with Crippen LogP contribution in [0.25, 0.3) is 0 Å². The van der Waals surface area contributed by atoms with Gasteiger partial charge in [0.15, 0.2) is 0 Å². The molecule has 3 unspecified atom stereocenters. The topological polar surface area (TPSA) is 81.7 Å². The Bertz CT molecular complexity index is 617. The molecule has 6 heteroatoms. The largest absolute Gasteiger partial charge is 0.391 e. The van der Waals surface area contributed by atoms with Gasteiger partial charge in [0, 0.05) is 44.2 Å². The van der Waals surface area contributed by atoms with Crippen molar-refractivity contribution in [3.8, 4) is 0 Å². The van der Waals surface area contributed by atoms with Gasteiger partial charge < -0.3 is 20.6 Å². The van der Waals surface area contributed by atoms with Gasteiger partial charge in [-0.25, -0.2) is 0 Å². The third kappa shape index (κ3) is 4.19. The van der Waals surface area contributed by atoms with E-state index in [4.69, 9.17) is 0 Å². The summed E-state index contributed by atoms with van der Waals surface area (Å²) in [4.78, 5) is 26.4. The molecule has 2 aliphatic rings. The molecule has 0 aliphatic carbocycles. The highest BCUT2D eigenvalue weighted by Gasteiger charge is 2.35. The minimum absolute atomic E-state index is 0.00837. The number of benzene rings is 1. The number of rotatable bonds is 6. The van der Waals surface area contributed by atoms with E-state index in [9.17, 15) is 14.7 Å². The van der Waals surface area contributed by atoms with Crippen LogP contribution in [0.5, 0.6) is 0 Å². The second kappa shape index (κ2) is 7.97. The van der Waals surface area contributed by atoms with Crippen molar-refractivity contribution in [3.63, 3.8) is 0 Å². The van der Waals surface area contributed by atoms with Crippen LogP contribution in [0.15, 0.2) is 24.3 Å². The van der Waals surface area contributed by atoms with Crippen molar-refractivity contribution in [1.82, 2.24) is 10.6 Å². The summed E-state index contributed by atoms with van der Waals surface area (Å²) in [5.74, 6) is -0.388. The van der Waals surface area contributed by atoms with Crippen molar-refractivity contribution in [3.05, 3.63) is 29.8 Å². The fourth-order valence-electron chi connectivity index (χ4n) is 3.57. The van der Waals surface area contributed by atoms with Crippen molar-refractivity contribution in [2.45, 2.75) is 32.3 Å². The van der Waals surface area contributed by atoms with Crippen LogP contribution < -0.4 is 15.5 Å². The summed E-state index contributed by atoms with van der Waals surface area (Å²) in [5, 5.41) is 15.8. The highest BCUT2D eigenvalue weighted by molar-refractivity contribution is 6.00. The molecular weight excluding hydrogens is 318 g/mol. The van der Waals surface area contributed by atoms with Crippen LogP contribution in [-0.4, -0.2) is 49.2 Å². The predicted molar refractivity (Wildman–Crippen MR) is 96.3 cm³/mol. The maximum atomic E-state index is 12.4. The number of aryl methyl sites for hydroxylation is 1. The second-order valence-corrected chi connectivity index (χ2v) is 7.05. The molecule has 0 bridgehead atoms. The molecule has 0 aromatic heterocycles. The quantitative estimate of drug-likeness (QED) is 0.708. The molecule has 3 atom stereocenters. The fourth-order valence-corrected chi connectivity index (χ4v) is 3.57. The SMILES string of the molecule is CCCc1ccc(N2CC(C(=O)NCC3CNCC3O)CC2=O)cc1. The number of hydrogen-bond acceptors (Lipinski definition) is 4. The summed E-state index contributed by atoms with van der Waals surface area (Å²) in [7, 11) is 0. The molecule has 2 saturated heterocycles. The number of hydrogen-bond donors (Lipinski definition) is 3. The lowest BCUT2D eigenvalue weighted by Gasteiger charge is -2.18. The molecule has 0 spiro atoms. The van der Waals surface area contributed by atoms with E-state index in [2.05, 4.69) is 17.6 Å². The zero-order valence-electron chi connectivity index (χ0n) is 14.7. The number of carbonyl (C=O) groups is 2. The smallest absolute Gasteiger partial charge is 0.227 e. The summed E-state index contributed by atoms with van der Waals surface area (Å²) in [6.07, 6.45) is 1.95. The van der Waals surface area contributed by atoms with E-state index in [1.165, 1.54) is 5.56 Å². The molecule has 3 N–H and O–H groups in total. The van der Waals surface area contributed by atoms with E-state index in [0.29, 0.717) is 26.2 Å². The van der Waals surface area contributed by atoms with Crippen molar-refractivity contribution < 1.29 is 14.7 Å². The Morgan fingerprint density at radius 2 is 2.08 bits per heavy atom. The summed E-state index contributed by atoms with van der Waals surface area (Å²) in [6, 6.07) is 8.02. The first-order valence-corrected chi connectivity index (χ1v) is 9.14. The lowest BCUT2D eigenvalue weighted by atomic mass is 10.0. The molecule has 1 aromatic carbocycles. The summed E-state index contributed by atoms with van der Waals surface area (Å²) >= 11 is 0. The van der Waals surface area contributed by atoms with Crippen LogP contribution >= 0.6 is 0 Å². The average molecular weight is 345 g/mol. The van der Waals surface area contributed by atoms with Crippen LogP contribution in [0.1, 0.15) is 25.3 Å². The van der Waals surface area contributed by atoms with Gasteiger partial charge in [0.05, 0.1) is 12.0 Å². The van der Waals surface area contributed by atoms with Gasteiger partial charge in [0.2, 0.25) is 11.8 Å². The summed E-state index contributed by atoms with van der Waals surface area (Å²) in [6.45, 7) is 4.29. The lowest BCUT2D eigenvalue weighted by molar-refractivity contribution is -0.126. The monoisotopic (exact) mass is 345 g/mol. The Labute approximate surface area is 148 Å². The Morgan fingerprint density at radius 1 is 1.32 bits per heavy atom. The molecule has 25 heavy (non-hydrogen) atoms. The number of β-amino-alcohol motifs (C(OH)–C–C–N with tert-alkyl or cyclic N) is 1. The molecular formula is C19H27N3O3. The molecule has 2 amide bonds. The van der Waals surface area contributed by atoms with Crippen LogP contribution in [0.3, 0.4) is 0 Å². The minimum Gasteiger partial charge on any atom is -0.391 e. The highest BCUT2D eigenvalue weighted by Crippen LogP contribution is 2.26. The predicted octanol–water partition coefficient (Wildman–Crippen LogP) is 0.689. The Morgan fingerprint density at radius 3 is 2.72 bits per heavy atom. The first-order chi connectivity index (χ1) is 12.1. The van der Waals surface area contributed by atoms with Gasteiger partial charge in [0.25, 0.3) is 0 Å². The molecule has 0 saturated carbocycles. The Kier molecular flexibility index (Phi) is 5.71. The molecule has 2 fully saturated rings. The van der Waals surface area contributed by atoms with Gasteiger partial charge in [-0.15, -0.1) is 0 Å². The zero-order valence-corrected chi connectivity index (χ0v) is 14.7. The molecule has 0 radical (unpaired) electrons. The Hall–Kier alpha value is -1.92. The first kappa shape index (κ1) is 17.9. The first-order valence-electron chi connectivity index (χ1n) is 9.14. The van der Waals surface area contributed by atoms with E-state index in [1.807, 2.05) is 24.3 Å². The van der Waals surface area contributed by atoms with Gasteiger partial charge in [-0.05, 0) is 24.1 Å². The van der Waals surface area contributed by atoms with Gasteiger partial charge in [-0.1, -0.05) is 25.5 Å². The summed E-state index contributed by atoms with van der Waals surface area (Å²) < 4.78 is 0. The van der Waals surface area contributed by atoms with Gasteiger partial charge in [-0.3, -0.25) is 9.59 Å². The number of nitrogens with zero attached hydrogens (tertiary/aromatic N) is 1. The molecule has 3 rings (SSSR count). The Balaban J connectivity index is 1.55. The maximum Gasteiger partial charge on any atom is 0.227 e. The number of aliphatic hydroxyl groups is 1. The van der Waals surface area contributed by atoms with Gasteiger partial charge >= 0.3 is 0 Å². The number of carbonyl (C=O) groups excluding carboxylic acids is 2. The minimum atomic E-state index is -0.413. The zero-order chi connectivity index (χ0) is 17.8. The number of nitrogens with one attached hydrogen (secondary N) is 2. The normalized spacial score (nSPS) is 26.2. The maximum absolute atomic E-state index is 12.4. The van der Waals surface area contributed by atoms with Crippen molar-refractivity contribution in [2.24, 2.45) is 11.8 Å². The fraction of sp³-hybridized carbons (Fsp3) is 0.579. The van der Waals surface area contributed by atoms with Crippen molar-refractivity contribution in [1.29, 1.82) is 0 Å². The van der Waals surface area contributed by atoms with Crippen LogP contribution in [0.2, 0.25) is 0 Å². The standard InChI is InChI=1S/C19H27N3O3/c1-2-3-13-4-6-16(7-5-13)22-12-14(8-18(22)24)19(25)21-10-15-9-20-11-17(15)23/h4-7,14-15,17,20,23H,2-3,8-12H2,1H3,(H,21,25). The summed E-state index contributed by atoms with van der Waals surface area (Å²) in [5.41, 5.74) is 2.12. The highest BCUT2D eigenvalue weighted by atomic mass is 16.3. The average Bonchev–Trinajstić information content (AvgIpc) is 3.19. The van der Waals surface area contributed by atoms with Crippen molar-refractivity contribution in [2.75, 3.05) is 31.1 Å². The van der Waals surface area contributed by atoms with Crippen molar-refractivity contribution >= 4 is 17.5 Å². The third-order valence-electron chi connectivity index (χ3n) is 5.13. The molecule has 2 heterocycles. The number of amides is 2. The molecule has 136 valence electrons. The van der Waals surface area contributed by atoms with E-state index in [0.717, 1.165) is 18.5 Å². The van der Waals surface area contributed by atoms with E-state index in [-0.39, 0.29) is 30.1 Å². The van der Waals surface area contributed by atoms with Gasteiger partial charge in [-0.2, -0.15) is 0 Å². The van der Waals surface area contributed by atoms with Crippen LogP contribution in [0, 0.1) is 11.8 Å².